The van der Waals surface area contributed by atoms with E-state index in [-0.39, 0.29) is 28.6 Å². The highest BCUT2D eigenvalue weighted by molar-refractivity contribution is 7.98. The summed E-state index contributed by atoms with van der Waals surface area (Å²) in [6, 6.07) is 13.0. The third-order valence-electron chi connectivity index (χ3n) is 3.85. The number of aromatic nitrogens is 1. The predicted molar refractivity (Wildman–Crippen MR) is 105 cm³/mol. The number of carbonyl (C=O) groups excluding carboxylic acids is 1. The van der Waals surface area contributed by atoms with Gasteiger partial charge in [0, 0.05) is 11.9 Å². The number of nitro benzene ring substituents is 1. The lowest BCUT2D eigenvalue weighted by Crippen LogP contribution is -2.11. The van der Waals surface area contributed by atoms with Crippen LogP contribution >= 0.6 is 11.8 Å². The molecular weight excluding hydrogens is 399 g/mol. The molecule has 1 aromatic heterocycles. The van der Waals surface area contributed by atoms with E-state index < -0.39 is 10.9 Å². The Bertz CT molecular complexity index is 1040. The molecule has 0 unspecified atom stereocenters. The molecule has 0 aliphatic rings. The fourth-order valence-electron chi connectivity index (χ4n) is 2.40. The summed E-state index contributed by atoms with van der Waals surface area (Å²) in [4.78, 5) is 27.5. The first-order valence-corrected chi connectivity index (χ1v) is 9.33. The molecule has 0 atom stereocenters. The molecule has 3 rings (SSSR count). The smallest absolute Gasteiger partial charge is 0.346 e. The summed E-state index contributed by atoms with van der Waals surface area (Å²) in [5.41, 5.74) is 0.638. The maximum absolute atomic E-state index is 13.0. The minimum atomic E-state index is -0.770. The van der Waals surface area contributed by atoms with Crippen molar-refractivity contribution in [3.63, 3.8) is 0 Å². The van der Waals surface area contributed by atoms with Gasteiger partial charge < -0.3 is 9.47 Å². The fraction of sp³-hybridized carbons (Fsp3) is 0.100. The van der Waals surface area contributed by atoms with Crippen molar-refractivity contribution in [3.8, 4) is 11.5 Å². The van der Waals surface area contributed by atoms with Gasteiger partial charge in [-0.3, -0.25) is 10.1 Å². The molecule has 0 radical (unpaired) electrons. The molecule has 0 aliphatic carbocycles. The fourth-order valence-corrected chi connectivity index (χ4v) is 3.34. The summed E-state index contributed by atoms with van der Waals surface area (Å²) in [7, 11) is 1.38. The Morgan fingerprint density at radius 3 is 2.66 bits per heavy atom. The number of nitrogens with zero attached hydrogens (tertiary/aromatic N) is 2. The van der Waals surface area contributed by atoms with Crippen molar-refractivity contribution in [3.05, 3.63) is 87.9 Å². The van der Waals surface area contributed by atoms with Gasteiger partial charge in [0.2, 0.25) is 5.75 Å². The van der Waals surface area contributed by atoms with Gasteiger partial charge in [-0.25, -0.2) is 14.2 Å². The maximum atomic E-state index is 13.0. The van der Waals surface area contributed by atoms with E-state index in [0.717, 1.165) is 5.56 Å². The third kappa shape index (κ3) is 5.08. The van der Waals surface area contributed by atoms with Crippen LogP contribution in [0.3, 0.4) is 0 Å². The summed E-state index contributed by atoms with van der Waals surface area (Å²) in [5.74, 6) is -0.567. The van der Waals surface area contributed by atoms with E-state index >= 15 is 0 Å². The third-order valence-corrected chi connectivity index (χ3v) is 4.92. The number of carbonyl (C=O) groups is 1. The zero-order chi connectivity index (χ0) is 20.8. The molecule has 0 saturated heterocycles. The Hall–Kier alpha value is -3.46. The number of hydrogen-bond acceptors (Lipinski definition) is 7. The van der Waals surface area contributed by atoms with Crippen LogP contribution in [-0.2, 0) is 5.75 Å². The van der Waals surface area contributed by atoms with E-state index in [0.29, 0.717) is 10.8 Å². The Kier molecular flexibility index (Phi) is 6.40. The number of hydrogen-bond donors (Lipinski definition) is 0. The molecule has 0 saturated carbocycles. The quantitative estimate of drug-likeness (QED) is 0.183. The zero-order valence-electron chi connectivity index (χ0n) is 15.2. The van der Waals surface area contributed by atoms with Crippen LogP contribution in [0, 0.1) is 15.9 Å². The van der Waals surface area contributed by atoms with Crippen molar-refractivity contribution >= 4 is 23.4 Å². The Morgan fingerprint density at radius 2 is 1.97 bits per heavy atom. The predicted octanol–water partition coefficient (Wildman–Crippen LogP) is 4.65. The van der Waals surface area contributed by atoms with Crippen LogP contribution in [0.4, 0.5) is 10.1 Å². The van der Waals surface area contributed by atoms with E-state index in [4.69, 9.17) is 9.47 Å². The standard InChI is InChI=1S/C20H15FN2O5S/c1-27-15-8-9-18(17(11-15)23(25)26)28-20(24)16-3-2-10-22-19(16)29-12-13-4-6-14(21)7-5-13/h2-11H,12H2,1H3. The van der Waals surface area contributed by atoms with Gasteiger partial charge >= 0.3 is 11.7 Å². The molecule has 0 bridgehead atoms. The van der Waals surface area contributed by atoms with Gasteiger partial charge in [-0.15, -0.1) is 11.8 Å². The van der Waals surface area contributed by atoms with Crippen molar-refractivity contribution in [2.75, 3.05) is 7.11 Å². The van der Waals surface area contributed by atoms with Gasteiger partial charge in [0.25, 0.3) is 0 Å². The number of nitro groups is 1. The van der Waals surface area contributed by atoms with E-state index in [2.05, 4.69) is 4.98 Å². The molecular formula is C20H15FN2O5S. The lowest BCUT2D eigenvalue weighted by molar-refractivity contribution is -0.385. The normalized spacial score (nSPS) is 10.4. The number of ether oxygens (including phenoxy) is 2. The van der Waals surface area contributed by atoms with Crippen molar-refractivity contribution in [1.82, 2.24) is 4.98 Å². The van der Waals surface area contributed by atoms with Gasteiger partial charge in [0.1, 0.15) is 16.6 Å². The van der Waals surface area contributed by atoms with Crippen LogP contribution in [0.15, 0.2) is 65.8 Å². The van der Waals surface area contributed by atoms with Crippen LogP contribution in [-0.4, -0.2) is 23.0 Å². The van der Waals surface area contributed by atoms with E-state index in [1.165, 1.54) is 61.5 Å². The topological polar surface area (TPSA) is 91.6 Å². The first-order valence-electron chi connectivity index (χ1n) is 8.35. The van der Waals surface area contributed by atoms with Crippen molar-refractivity contribution < 1.29 is 23.6 Å². The van der Waals surface area contributed by atoms with Crippen LogP contribution in [0.2, 0.25) is 0 Å². The Balaban J connectivity index is 1.80. The molecule has 7 nitrogen and oxygen atoms in total. The van der Waals surface area contributed by atoms with Crippen LogP contribution in [0.5, 0.6) is 11.5 Å². The lowest BCUT2D eigenvalue weighted by atomic mass is 10.2. The van der Waals surface area contributed by atoms with Crippen molar-refractivity contribution in [2.45, 2.75) is 10.8 Å². The monoisotopic (exact) mass is 414 g/mol. The number of thioether (sulfide) groups is 1. The van der Waals surface area contributed by atoms with E-state index in [9.17, 15) is 19.3 Å². The number of methoxy groups -OCH3 is 1. The minimum absolute atomic E-state index is 0.171. The second kappa shape index (κ2) is 9.16. The maximum Gasteiger partial charge on any atom is 0.346 e. The summed E-state index contributed by atoms with van der Waals surface area (Å²) in [6.07, 6.45) is 1.53. The van der Waals surface area contributed by atoms with Crippen LogP contribution in [0.25, 0.3) is 0 Å². The first kappa shape index (κ1) is 20.3. The molecule has 0 N–H and O–H groups in total. The summed E-state index contributed by atoms with van der Waals surface area (Å²) >= 11 is 1.27. The summed E-state index contributed by atoms with van der Waals surface area (Å²) in [5, 5.41) is 11.7. The van der Waals surface area contributed by atoms with Gasteiger partial charge in [0.15, 0.2) is 0 Å². The molecule has 0 fully saturated rings. The van der Waals surface area contributed by atoms with Gasteiger partial charge in [-0.1, -0.05) is 12.1 Å². The zero-order valence-corrected chi connectivity index (χ0v) is 16.0. The van der Waals surface area contributed by atoms with Gasteiger partial charge in [0.05, 0.1) is 23.7 Å². The second-order valence-electron chi connectivity index (χ2n) is 5.75. The first-order chi connectivity index (χ1) is 14.0. The molecule has 9 heteroatoms. The molecule has 148 valence electrons. The number of esters is 1. The summed E-state index contributed by atoms with van der Waals surface area (Å²) in [6.45, 7) is 0. The van der Waals surface area contributed by atoms with E-state index in [1.54, 1.807) is 18.2 Å². The highest BCUT2D eigenvalue weighted by Crippen LogP contribution is 2.32. The highest BCUT2D eigenvalue weighted by Gasteiger charge is 2.22. The van der Waals surface area contributed by atoms with Crippen molar-refractivity contribution in [1.29, 1.82) is 0 Å². The number of pyridine rings is 1. The molecule has 0 amide bonds. The molecule has 1 heterocycles. The van der Waals surface area contributed by atoms with Crippen LogP contribution in [0.1, 0.15) is 15.9 Å². The second-order valence-corrected chi connectivity index (χ2v) is 6.72. The Morgan fingerprint density at radius 1 is 1.21 bits per heavy atom. The summed E-state index contributed by atoms with van der Waals surface area (Å²) < 4.78 is 23.3. The van der Waals surface area contributed by atoms with Gasteiger partial charge in [-0.2, -0.15) is 0 Å². The van der Waals surface area contributed by atoms with Crippen molar-refractivity contribution in [2.24, 2.45) is 0 Å². The minimum Gasteiger partial charge on any atom is -0.496 e. The number of halogens is 1. The highest BCUT2D eigenvalue weighted by atomic mass is 32.2. The molecule has 0 aliphatic heterocycles. The average Bonchev–Trinajstić information content (AvgIpc) is 2.73. The van der Waals surface area contributed by atoms with E-state index in [1.807, 2.05) is 0 Å². The Labute approximate surface area is 169 Å². The number of rotatable bonds is 7. The molecule has 0 spiro atoms. The molecule has 2 aromatic carbocycles. The lowest BCUT2D eigenvalue weighted by Gasteiger charge is -2.09. The molecule has 3 aromatic rings. The molecule has 29 heavy (non-hydrogen) atoms. The largest absolute Gasteiger partial charge is 0.496 e. The van der Waals surface area contributed by atoms with Gasteiger partial charge in [-0.05, 0) is 42.0 Å². The number of benzene rings is 2. The average molecular weight is 414 g/mol. The van der Waals surface area contributed by atoms with Crippen LogP contribution < -0.4 is 9.47 Å². The SMILES string of the molecule is COc1ccc(OC(=O)c2cccnc2SCc2ccc(F)cc2)c([N+](=O)[O-])c1.